The molecule has 8 heteroatoms. The molecule has 0 radical (unpaired) electrons. The Hall–Kier alpha value is -1.73. The lowest BCUT2D eigenvalue weighted by atomic mass is 10.2. The highest BCUT2D eigenvalue weighted by molar-refractivity contribution is 8.15. The molecule has 0 aromatic heterocycles. The Morgan fingerprint density at radius 3 is 2.95 bits per heavy atom. The number of carbonyl (C=O) groups excluding carboxylic acids is 2. The predicted molar refractivity (Wildman–Crippen MR) is 88.7 cm³/mol. The van der Waals surface area contributed by atoms with Crippen molar-refractivity contribution < 1.29 is 14.3 Å². The van der Waals surface area contributed by atoms with Gasteiger partial charge in [0.1, 0.15) is 11.0 Å². The molecule has 1 aliphatic rings. The maximum Gasteiger partial charge on any atom is 0.240 e. The third-order valence-corrected chi connectivity index (χ3v) is 4.30. The fraction of sp³-hybridized carbons (Fsp3) is 0.357. The van der Waals surface area contributed by atoms with Gasteiger partial charge in [-0.25, -0.2) is 0 Å². The first-order valence-electron chi connectivity index (χ1n) is 6.68. The molecule has 0 aliphatic carbocycles. The molecular formula is C14H16ClN3O3S. The van der Waals surface area contributed by atoms with Crippen molar-refractivity contribution in [3.63, 3.8) is 0 Å². The lowest BCUT2D eigenvalue weighted by molar-refractivity contribution is -0.122. The quantitative estimate of drug-likeness (QED) is 0.861. The number of amidine groups is 1. The average molecular weight is 342 g/mol. The minimum atomic E-state index is -0.459. The zero-order valence-corrected chi connectivity index (χ0v) is 13.8. The van der Waals surface area contributed by atoms with Crippen LogP contribution in [0.4, 0.5) is 5.69 Å². The van der Waals surface area contributed by atoms with Gasteiger partial charge in [-0.05, 0) is 25.1 Å². The van der Waals surface area contributed by atoms with Gasteiger partial charge in [0.25, 0.3) is 0 Å². The summed E-state index contributed by atoms with van der Waals surface area (Å²) >= 11 is 7.27. The number of nitrogens with one attached hydrogen (secondary N) is 2. The van der Waals surface area contributed by atoms with Gasteiger partial charge in [0.15, 0.2) is 5.17 Å². The SMILES string of the molecule is CCN=C1NC(=O)[C@@H](CC(=O)Nc2ccc(OC)c(Cl)c2)S1. The number of benzene rings is 1. The van der Waals surface area contributed by atoms with Crippen LogP contribution in [0, 0.1) is 0 Å². The van der Waals surface area contributed by atoms with Crippen LogP contribution in [0.15, 0.2) is 23.2 Å². The summed E-state index contributed by atoms with van der Waals surface area (Å²) in [6.07, 6.45) is 0.0723. The molecule has 1 atom stereocenters. The van der Waals surface area contributed by atoms with Crippen LogP contribution in [0.3, 0.4) is 0 Å². The van der Waals surface area contributed by atoms with Crippen molar-refractivity contribution in [3.05, 3.63) is 23.2 Å². The smallest absolute Gasteiger partial charge is 0.240 e. The van der Waals surface area contributed by atoms with Crippen LogP contribution < -0.4 is 15.4 Å². The van der Waals surface area contributed by atoms with Crippen LogP contribution in [-0.2, 0) is 9.59 Å². The number of halogens is 1. The number of ether oxygens (including phenoxy) is 1. The van der Waals surface area contributed by atoms with E-state index in [1.807, 2.05) is 6.92 Å². The first-order valence-corrected chi connectivity index (χ1v) is 7.94. The molecule has 6 nitrogen and oxygen atoms in total. The molecule has 1 saturated heterocycles. The molecule has 22 heavy (non-hydrogen) atoms. The van der Waals surface area contributed by atoms with Crippen LogP contribution >= 0.6 is 23.4 Å². The van der Waals surface area contributed by atoms with Crippen molar-refractivity contribution >= 4 is 46.0 Å². The van der Waals surface area contributed by atoms with Crippen molar-refractivity contribution in [1.29, 1.82) is 0 Å². The predicted octanol–water partition coefficient (Wildman–Crippen LogP) is 2.28. The Bertz CT molecular complexity index is 621. The van der Waals surface area contributed by atoms with Gasteiger partial charge >= 0.3 is 0 Å². The summed E-state index contributed by atoms with van der Waals surface area (Å²) in [4.78, 5) is 27.9. The fourth-order valence-corrected chi connectivity index (χ4v) is 3.17. The zero-order chi connectivity index (χ0) is 16.1. The molecular weight excluding hydrogens is 326 g/mol. The van der Waals surface area contributed by atoms with E-state index in [9.17, 15) is 9.59 Å². The second-order valence-electron chi connectivity index (χ2n) is 4.48. The number of nitrogens with zero attached hydrogens (tertiary/aromatic N) is 1. The average Bonchev–Trinajstić information content (AvgIpc) is 2.79. The highest BCUT2D eigenvalue weighted by Crippen LogP contribution is 2.28. The summed E-state index contributed by atoms with van der Waals surface area (Å²) in [6.45, 7) is 2.47. The maximum absolute atomic E-state index is 12.0. The lowest BCUT2D eigenvalue weighted by Gasteiger charge is -2.09. The highest BCUT2D eigenvalue weighted by atomic mass is 35.5. The summed E-state index contributed by atoms with van der Waals surface area (Å²) in [5.74, 6) is 0.0811. The van der Waals surface area contributed by atoms with Crippen molar-refractivity contribution in [2.75, 3.05) is 19.0 Å². The van der Waals surface area contributed by atoms with Crippen molar-refractivity contribution in [3.8, 4) is 5.75 Å². The van der Waals surface area contributed by atoms with Gasteiger partial charge in [-0.3, -0.25) is 14.6 Å². The monoisotopic (exact) mass is 341 g/mol. The van der Waals surface area contributed by atoms with Crippen molar-refractivity contribution in [2.45, 2.75) is 18.6 Å². The Morgan fingerprint density at radius 1 is 1.55 bits per heavy atom. The van der Waals surface area contributed by atoms with E-state index in [1.54, 1.807) is 18.2 Å². The summed E-state index contributed by atoms with van der Waals surface area (Å²) in [5, 5.41) is 5.89. The van der Waals surface area contributed by atoms with E-state index in [0.717, 1.165) is 0 Å². The molecule has 118 valence electrons. The molecule has 1 aromatic carbocycles. The van der Waals surface area contributed by atoms with Gasteiger partial charge in [-0.15, -0.1) is 0 Å². The molecule has 0 unspecified atom stereocenters. The molecule has 2 rings (SSSR count). The Morgan fingerprint density at radius 2 is 2.32 bits per heavy atom. The van der Waals surface area contributed by atoms with Crippen LogP contribution in [-0.4, -0.2) is 35.9 Å². The largest absolute Gasteiger partial charge is 0.495 e. The molecule has 1 aromatic rings. The van der Waals surface area contributed by atoms with Gasteiger partial charge in [0.2, 0.25) is 11.8 Å². The second-order valence-corrected chi connectivity index (χ2v) is 6.08. The lowest BCUT2D eigenvalue weighted by Crippen LogP contribution is -2.28. The molecule has 2 N–H and O–H groups in total. The van der Waals surface area contributed by atoms with Gasteiger partial charge in [0.05, 0.1) is 12.1 Å². The number of anilines is 1. The number of rotatable bonds is 5. The standard InChI is InChI=1S/C14H16ClN3O3S/c1-3-16-14-18-13(20)11(22-14)7-12(19)17-8-4-5-10(21-2)9(15)6-8/h4-6,11H,3,7H2,1-2H3,(H,17,19)(H,16,18,20)/t11-/m1/s1. The van der Waals surface area contributed by atoms with E-state index in [0.29, 0.717) is 28.2 Å². The summed E-state index contributed by atoms with van der Waals surface area (Å²) in [7, 11) is 1.52. The topological polar surface area (TPSA) is 79.8 Å². The first-order chi connectivity index (χ1) is 10.5. The minimum Gasteiger partial charge on any atom is -0.495 e. The van der Waals surface area contributed by atoms with E-state index in [2.05, 4.69) is 15.6 Å². The minimum absolute atomic E-state index is 0.0723. The zero-order valence-electron chi connectivity index (χ0n) is 12.2. The van der Waals surface area contributed by atoms with Gasteiger partial charge in [-0.1, -0.05) is 23.4 Å². The summed E-state index contributed by atoms with van der Waals surface area (Å²) in [6, 6.07) is 4.96. The van der Waals surface area contributed by atoms with Gasteiger partial charge in [0, 0.05) is 18.7 Å². The third-order valence-electron chi connectivity index (χ3n) is 2.88. The van der Waals surface area contributed by atoms with Crippen molar-refractivity contribution in [2.24, 2.45) is 4.99 Å². The van der Waals surface area contributed by atoms with Crippen LogP contribution in [0.5, 0.6) is 5.75 Å². The maximum atomic E-state index is 12.0. The molecule has 1 fully saturated rings. The van der Waals surface area contributed by atoms with Gasteiger partial charge in [-0.2, -0.15) is 0 Å². The number of carbonyl (C=O) groups is 2. The van der Waals surface area contributed by atoms with E-state index in [4.69, 9.17) is 16.3 Å². The van der Waals surface area contributed by atoms with Crippen LogP contribution in [0.1, 0.15) is 13.3 Å². The summed E-state index contributed by atoms with van der Waals surface area (Å²) < 4.78 is 5.05. The highest BCUT2D eigenvalue weighted by Gasteiger charge is 2.31. The molecule has 0 bridgehead atoms. The van der Waals surface area contributed by atoms with E-state index >= 15 is 0 Å². The molecule has 1 aliphatic heterocycles. The normalized spacial score (nSPS) is 19.1. The Balaban J connectivity index is 1.95. The van der Waals surface area contributed by atoms with E-state index < -0.39 is 5.25 Å². The number of aliphatic imine (C=N–C) groups is 1. The fourth-order valence-electron chi connectivity index (χ4n) is 1.88. The second kappa shape index (κ2) is 7.51. The number of thioether (sulfide) groups is 1. The molecule has 2 amide bonds. The first kappa shape index (κ1) is 16.6. The van der Waals surface area contributed by atoms with E-state index in [1.165, 1.54) is 18.9 Å². The number of hydrogen-bond acceptors (Lipinski definition) is 5. The van der Waals surface area contributed by atoms with Crippen LogP contribution in [0.2, 0.25) is 5.02 Å². The van der Waals surface area contributed by atoms with Crippen molar-refractivity contribution in [1.82, 2.24) is 5.32 Å². The number of amides is 2. The Kier molecular flexibility index (Phi) is 5.68. The number of hydrogen-bond donors (Lipinski definition) is 2. The molecule has 0 spiro atoms. The third kappa shape index (κ3) is 4.14. The number of methoxy groups -OCH3 is 1. The van der Waals surface area contributed by atoms with E-state index in [-0.39, 0.29) is 18.2 Å². The van der Waals surface area contributed by atoms with Crippen LogP contribution in [0.25, 0.3) is 0 Å². The molecule has 1 heterocycles. The van der Waals surface area contributed by atoms with Gasteiger partial charge < -0.3 is 15.4 Å². The Labute approximate surface area is 137 Å². The molecule has 0 saturated carbocycles. The summed E-state index contributed by atoms with van der Waals surface area (Å²) in [5.41, 5.74) is 0.557.